The van der Waals surface area contributed by atoms with Gasteiger partial charge in [0.2, 0.25) is 11.8 Å². The first-order valence-corrected chi connectivity index (χ1v) is 6.65. The quantitative estimate of drug-likeness (QED) is 0.771. The van der Waals surface area contributed by atoms with Crippen LogP contribution in [0.2, 0.25) is 0 Å². The predicted molar refractivity (Wildman–Crippen MR) is 79.2 cm³/mol. The molecule has 114 valence electrons. The zero-order valence-electron chi connectivity index (χ0n) is 12.6. The predicted octanol–water partition coefficient (Wildman–Crippen LogP) is 1.79. The standard InChI is InChI=1S/C15H20N2O4/c1-8(2)12(16-10(4)18)14(19)17-13-9(3)6-5-7-11(13)15(20)21/h5-8,12H,1-4H3,(H,16,18)(H,17,19)(H,20,21). The number of carboxylic acid groups (broad SMARTS) is 1. The Bertz CT molecular complexity index is 567. The van der Waals surface area contributed by atoms with Gasteiger partial charge in [0.25, 0.3) is 0 Å². The van der Waals surface area contributed by atoms with Gasteiger partial charge in [-0.15, -0.1) is 0 Å². The van der Waals surface area contributed by atoms with Gasteiger partial charge in [0.05, 0.1) is 11.3 Å². The maximum atomic E-state index is 12.3. The number of rotatable bonds is 5. The molecule has 0 radical (unpaired) electrons. The molecule has 0 saturated carbocycles. The van der Waals surface area contributed by atoms with Crippen molar-refractivity contribution in [3.8, 4) is 0 Å². The van der Waals surface area contributed by atoms with E-state index in [1.165, 1.54) is 13.0 Å². The van der Waals surface area contributed by atoms with Gasteiger partial charge in [0, 0.05) is 6.92 Å². The lowest BCUT2D eigenvalue weighted by atomic mass is 10.0. The highest BCUT2D eigenvalue weighted by molar-refractivity contribution is 6.03. The fourth-order valence-corrected chi connectivity index (χ4v) is 1.97. The van der Waals surface area contributed by atoms with Gasteiger partial charge in [0.1, 0.15) is 6.04 Å². The molecule has 0 heterocycles. The number of carbonyl (C=O) groups excluding carboxylic acids is 2. The van der Waals surface area contributed by atoms with Crippen molar-refractivity contribution in [1.82, 2.24) is 5.32 Å². The minimum atomic E-state index is -1.12. The zero-order valence-corrected chi connectivity index (χ0v) is 12.6. The summed E-state index contributed by atoms with van der Waals surface area (Å²) in [4.78, 5) is 34.7. The lowest BCUT2D eigenvalue weighted by molar-refractivity contribution is -0.126. The van der Waals surface area contributed by atoms with Gasteiger partial charge in [-0.3, -0.25) is 9.59 Å². The van der Waals surface area contributed by atoms with Crippen LogP contribution in [0.1, 0.15) is 36.7 Å². The van der Waals surface area contributed by atoms with Gasteiger partial charge in [-0.1, -0.05) is 26.0 Å². The van der Waals surface area contributed by atoms with Crippen LogP contribution in [0.15, 0.2) is 18.2 Å². The number of anilines is 1. The summed E-state index contributed by atoms with van der Waals surface area (Å²) in [6, 6.07) is 4.03. The number of carboxylic acids is 1. The monoisotopic (exact) mass is 292 g/mol. The number of carbonyl (C=O) groups is 3. The number of hydrogen-bond acceptors (Lipinski definition) is 3. The minimum absolute atomic E-state index is 0.0219. The molecule has 0 aliphatic carbocycles. The van der Waals surface area contributed by atoms with Gasteiger partial charge in [-0.2, -0.15) is 0 Å². The molecule has 0 spiro atoms. The number of amides is 2. The smallest absolute Gasteiger partial charge is 0.337 e. The molecule has 0 saturated heterocycles. The number of nitrogens with one attached hydrogen (secondary N) is 2. The summed E-state index contributed by atoms with van der Waals surface area (Å²) in [6.45, 7) is 6.65. The van der Waals surface area contributed by atoms with Crippen LogP contribution in [0.25, 0.3) is 0 Å². The Labute approximate surface area is 123 Å². The molecule has 1 atom stereocenters. The summed E-state index contributed by atoms with van der Waals surface area (Å²) < 4.78 is 0. The average molecular weight is 292 g/mol. The highest BCUT2D eigenvalue weighted by atomic mass is 16.4. The SMILES string of the molecule is CC(=O)NC(C(=O)Nc1c(C)cccc1C(=O)O)C(C)C. The largest absolute Gasteiger partial charge is 0.478 e. The summed E-state index contributed by atoms with van der Waals surface area (Å²) in [5, 5.41) is 14.4. The Balaban J connectivity index is 3.07. The Kier molecular flexibility index (Phi) is 5.46. The van der Waals surface area contributed by atoms with E-state index in [1.54, 1.807) is 32.9 Å². The van der Waals surface area contributed by atoms with E-state index in [-0.39, 0.29) is 23.1 Å². The molecule has 0 aromatic heterocycles. The van der Waals surface area contributed by atoms with Crippen molar-refractivity contribution in [3.63, 3.8) is 0 Å². The molecule has 3 N–H and O–H groups in total. The third-order valence-corrected chi connectivity index (χ3v) is 3.06. The fourth-order valence-electron chi connectivity index (χ4n) is 1.97. The molecule has 1 rings (SSSR count). The van der Waals surface area contributed by atoms with Gasteiger partial charge in [-0.25, -0.2) is 4.79 Å². The molecule has 1 aromatic carbocycles. The lowest BCUT2D eigenvalue weighted by Crippen LogP contribution is -2.46. The second-order valence-corrected chi connectivity index (χ2v) is 5.21. The van der Waals surface area contributed by atoms with Crippen LogP contribution in [0.5, 0.6) is 0 Å². The fraction of sp³-hybridized carbons (Fsp3) is 0.400. The summed E-state index contributed by atoms with van der Waals surface area (Å²) >= 11 is 0. The molecule has 21 heavy (non-hydrogen) atoms. The van der Waals surface area contributed by atoms with Crippen molar-refractivity contribution in [2.24, 2.45) is 5.92 Å². The van der Waals surface area contributed by atoms with Crippen molar-refractivity contribution < 1.29 is 19.5 Å². The van der Waals surface area contributed by atoms with E-state index in [4.69, 9.17) is 0 Å². The van der Waals surface area contributed by atoms with E-state index >= 15 is 0 Å². The molecule has 0 fully saturated rings. The second kappa shape index (κ2) is 6.88. The summed E-state index contributed by atoms with van der Waals surface area (Å²) in [5.41, 5.74) is 0.924. The third kappa shape index (κ3) is 4.30. The Morgan fingerprint density at radius 2 is 1.81 bits per heavy atom. The van der Waals surface area contributed by atoms with Gasteiger partial charge < -0.3 is 15.7 Å². The third-order valence-electron chi connectivity index (χ3n) is 3.06. The Hall–Kier alpha value is -2.37. The Morgan fingerprint density at radius 1 is 1.19 bits per heavy atom. The maximum Gasteiger partial charge on any atom is 0.337 e. The highest BCUT2D eigenvalue weighted by Gasteiger charge is 2.25. The number of para-hydroxylation sites is 1. The van der Waals surface area contributed by atoms with Crippen LogP contribution in [0.3, 0.4) is 0 Å². The first kappa shape index (κ1) is 16.7. The topological polar surface area (TPSA) is 95.5 Å². The molecule has 2 amide bonds. The molecule has 1 unspecified atom stereocenters. The zero-order chi connectivity index (χ0) is 16.2. The van der Waals surface area contributed by atoms with E-state index in [2.05, 4.69) is 10.6 Å². The second-order valence-electron chi connectivity index (χ2n) is 5.21. The number of hydrogen-bond donors (Lipinski definition) is 3. The summed E-state index contributed by atoms with van der Waals surface area (Å²) in [6.07, 6.45) is 0. The lowest BCUT2D eigenvalue weighted by Gasteiger charge is -2.22. The molecule has 0 bridgehead atoms. The number of aromatic carboxylic acids is 1. The van der Waals surface area contributed by atoms with Crippen molar-refractivity contribution in [2.75, 3.05) is 5.32 Å². The number of aryl methyl sites for hydroxylation is 1. The van der Waals surface area contributed by atoms with E-state index in [0.29, 0.717) is 5.56 Å². The molecule has 6 heteroatoms. The van der Waals surface area contributed by atoms with Crippen molar-refractivity contribution in [1.29, 1.82) is 0 Å². The van der Waals surface area contributed by atoms with Crippen LogP contribution in [-0.2, 0) is 9.59 Å². The van der Waals surface area contributed by atoms with E-state index in [0.717, 1.165) is 0 Å². The van der Waals surface area contributed by atoms with E-state index < -0.39 is 17.9 Å². The van der Waals surface area contributed by atoms with Gasteiger partial charge in [0.15, 0.2) is 0 Å². The van der Waals surface area contributed by atoms with Crippen LogP contribution < -0.4 is 10.6 Å². The van der Waals surface area contributed by atoms with Gasteiger partial charge >= 0.3 is 5.97 Å². The maximum absolute atomic E-state index is 12.3. The van der Waals surface area contributed by atoms with Crippen LogP contribution >= 0.6 is 0 Å². The van der Waals surface area contributed by atoms with Crippen LogP contribution in [0.4, 0.5) is 5.69 Å². The normalized spacial score (nSPS) is 11.9. The van der Waals surface area contributed by atoms with Crippen molar-refractivity contribution in [3.05, 3.63) is 29.3 Å². The Morgan fingerprint density at radius 3 is 2.29 bits per heavy atom. The van der Waals surface area contributed by atoms with Crippen molar-refractivity contribution >= 4 is 23.5 Å². The average Bonchev–Trinajstić information content (AvgIpc) is 2.37. The van der Waals surface area contributed by atoms with Gasteiger partial charge in [-0.05, 0) is 24.5 Å². The van der Waals surface area contributed by atoms with E-state index in [1.807, 2.05) is 0 Å². The molecular formula is C15H20N2O4. The summed E-state index contributed by atoms with van der Waals surface area (Å²) in [7, 11) is 0. The van der Waals surface area contributed by atoms with E-state index in [9.17, 15) is 19.5 Å². The minimum Gasteiger partial charge on any atom is -0.478 e. The first-order valence-electron chi connectivity index (χ1n) is 6.65. The molecular weight excluding hydrogens is 272 g/mol. The van der Waals surface area contributed by atoms with Crippen molar-refractivity contribution in [2.45, 2.75) is 33.7 Å². The molecule has 6 nitrogen and oxygen atoms in total. The molecule has 1 aromatic rings. The first-order chi connectivity index (χ1) is 9.73. The highest BCUT2D eigenvalue weighted by Crippen LogP contribution is 2.21. The molecule has 0 aliphatic rings. The number of benzene rings is 1. The molecule has 0 aliphatic heterocycles. The van der Waals surface area contributed by atoms with Crippen LogP contribution in [0, 0.1) is 12.8 Å². The summed E-state index contributed by atoms with van der Waals surface area (Å²) in [5.74, 6) is -1.98. The van der Waals surface area contributed by atoms with Crippen LogP contribution in [-0.4, -0.2) is 28.9 Å².